The maximum atomic E-state index is 12.2. The lowest BCUT2D eigenvalue weighted by molar-refractivity contribution is -0.119. The number of anilines is 1. The number of halogens is 1. The molecule has 0 bridgehead atoms. The zero-order valence-corrected chi connectivity index (χ0v) is 15.9. The number of rotatable bonds is 7. The topological polar surface area (TPSA) is 84.2 Å². The highest BCUT2D eigenvalue weighted by Crippen LogP contribution is 2.13. The van der Waals surface area contributed by atoms with Gasteiger partial charge < -0.3 is 16.4 Å². The van der Waals surface area contributed by atoms with Crippen molar-refractivity contribution in [2.45, 2.75) is 33.4 Å². The van der Waals surface area contributed by atoms with Crippen molar-refractivity contribution in [1.82, 2.24) is 5.32 Å². The van der Waals surface area contributed by atoms with Crippen molar-refractivity contribution >= 4 is 29.9 Å². The normalized spacial score (nSPS) is 11.2. The minimum absolute atomic E-state index is 0. The highest BCUT2D eigenvalue weighted by molar-refractivity contribution is 5.94. The minimum atomic E-state index is -0.141. The van der Waals surface area contributed by atoms with Gasteiger partial charge in [-0.1, -0.05) is 38.1 Å². The summed E-state index contributed by atoms with van der Waals surface area (Å²) >= 11 is 0. The number of hydrogen-bond acceptors (Lipinski definition) is 3. The van der Waals surface area contributed by atoms with Crippen molar-refractivity contribution in [1.29, 1.82) is 0 Å². The Balaban J connectivity index is 0.00000338. The first kappa shape index (κ1) is 21.7. The summed E-state index contributed by atoms with van der Waals surface area (Å²) in [5.41, 5.74) is 8.80. The standard InChI is InChI=1S/C20H25N3O2.ClH/c1-3-14(2)19(24)23-18-6-4-5-16(11-18)13-22-20(25)17-9-7-15(12-21)8-10-17;/h4-11,14H,3,12-13,21H2,1-2H3,(H,22,25)(H,23,24);1H. The number of hydrogen-bond donors (Lipinski definition) is 3. The Bertz CT molecular complexity index is 732. The Hall–Kier alpha value is -2.37. The zero-order valence-electron chi connectivity index (χ0n) is 15.1. The van der Waals surface area contributed by atoms with Crippen molar-refractivity contribution in [2.75, 3.05) is 5.32 Å². The zero-order chi connectivity index (χ0) is 18.2. The number of carbonyl (C=O) groups is 2. The molecule has 0 saturated carbocycles. The third-order valence-electron chi connectivity index (χ3n) is 4.16. The van der Waals surface area contributed by atoms with Crippen molar-refractivity contribution in [2.24, 2.45) is 11.7 Å². The van der Waals surface area contributed by atoms with Gasteiger partial charge >= 0.3 is 0 Å². The Morgan fingerprint density at radius 1 is 1.08 bits per heavy atom. The Labute approximate surface area is 160 Å². The first-order valence-corrected chi connectivity index (χ1v) is 8.50. The second-order valence-corrected chi connectivity index (χ2v) is 6.08. The Morgan fingerprint density at radius 3 is 2.38 bits per heavy atom. The molecule has 2 aromatic rings. The average molecular weight is 376 g/mol. The molecule has 0 fully saturated rings. The summed E-state index contributed by atoms with van der Waals surface area (Å²) in [6.07, 6.45) is 0.796. The van der Waals surface area contributed by atoms with Gasteiger partial charge in [0.2, 0.25) is 5.91 Å². The van der Waals surface area contributed by atoms with Gasteiger partial charge in [0.1, 0.15) is 0 Å². The van der Waals surface area contributed by atoms with E-state index in [1.54, 1.807) is 12.1 Å². The van der Waals surface area contributed by atoms with Gasteiger partial charge in [0.15, 0.2) is 0 Å². The summed E-state index contributed by atoms with van der Waals surface area (Å²) in [4.78, 5) is 24.2. The van der Waals surface area contributed by atoms with Crippen LogP contribution in [-0.4, -0.2) is 11.8 Å². The maximum absolute atomic E-state index is 12.2. The van der Waals surface area contributed by atoms with E-state index in [1.165, 1.54) is 0 Å². The monoisotopic (exact) mass is 375 g/mol. The quantitative estimate of drug-likeness (QED) is 0.692. The molecule has 140 valence electrons. The summed E-state index contributed by atoms with van der Waals surface area (Å²) < 4.78 is 0. The summed E-state index contributed by atoms with van der Waals surface area (Å²) in [6, 6.07) is 14.7. The lowest BCUT2D eigenvalue weighted by atomic mass is 10.1. The fraction of sp³-hybridized carbons (Fsp3) is 0.300. The molecule has 26 heavy (non-hydrogen) atoms. The van der Waals surface area contributed by atoms with E-state index in [2.05, 4.69) is 10.6 Å². The van der Waals surface area contributed by atoms with Crippen LogP contribution < -0.4 is 16.4 Å². The van der Waals surface area contributed by atoms with Crippen LogP contribution in [0.1, 0.15) is 41.8 Å². The van der Waals surface area contributed by atoms with Crippen LogP contribution in [0.3, 0.4) is 0 Å². The van der Waals surface area contributed by atoms with Gasteiger partial charge in [0.25, 0.3) is 5.91 Å². The highest BCUT2D eigenvalue weighted by Gasteiger charge is 2.11. The van der Waals surface area contributed by atoms with Crippen LogP contribution in [0, 0.1) is 5.92 Å². The van der Waals surface area contributed by atoms with Gasteiger partial charge in [-0.2, -0.15) is 0 Å². The number of nitrogens with two attached hydrogens (primary N) is 1. The smallest absolute Gasteiger partial charge is 0.251 e. The maximum Gasteiger partial charge on any atom is 0.251 e. The predicted octanol–water partition coefficient (Wildman–Crippen LogP) is 3.48. The molecule has 2 rings (SSSR count). The molecule has 1 atom stereocenters. The summed E-state index contributed by atoms with van der Waals surface area (Å²) in [7, 11) is 0. The van der Waals surface area contributed by atoms with E-state index in [0.29, 0.717) is 18.7 Å². The van der Waals surface area contributed by atoms with Crippen LogP contribution in [0.25, 0.3) is 0 Å². The molecule has 6 heteroatoms. The van der Waals surface area contributed by atoms with E-state index in [1.807, 2.05) is 50.2 Å². The molecular weight excluding hydrogens is 350 g/mol. The molecule has 5 nitrogen and oxygen atoms in total. The van der Waals surface area contributed by atoms with Gasteiger partial charge in [0, 0.05) is 30.3 Å². The van der Waals surface area contributed by atoms with Gasteiger partial charge in [-0.15, -0.1) is 12.4 Å². The molecular formula is C20H26ClN3O2. The lowest BCUT2D eigenvalue weighted by Crippen LogP contribution is -2.23. The number of amides is 2. The van der Waals surface area contributed by atoms with Crippen molar-refractivity contribution in [3.8, 4) is 0 Å². The van der Waals surface area contributed by atoms with E-state index in [9.17, 15) is 9.59 Å². The van der Waals surface area contributed by atoms with E-state index in [0.717, 1.165) is 23.2 Å². The second kappa shape index (κ2) is 10.6. The van der Waals surface area contributed by atoms with Gasteiger partial charge in [-0.05, 0) is 41.8 Å². The number of benzene rings is 2. The molecule has 0 aliphatic rings. The summed E-state index contributed by atoms with van der Waals surface area (Å²) in [5, 5.41) is 5.79. The molecule has 0 aromatic heterocycles. The SMILES string of the molecule is CCC(C)C(=O)Nc1cccc(CNC(=O)c2ccc(CN)cc2)c1.Cl. The fourth-order valence-electron chi connectivity index (χ4n) is 2.29. The molecule has 0 radical (unpaired) electrons. The molecule has 1 unspecified atom stereocenters. The van der Waals surface area contributed by atoms with Gasteiger partial charge in [0.05, 0.1) is 0 Å². The van der Waals surface area contributed by atoms with Crippen LogP contribution >= 0.6 is 12.4 Å². The molecule has 4 N–H and O–H groups in total. The van der Waals surface area contributed by atoms with Crippen LogP contribution in [0.5, 0.6) is 0 Å². The molecule has 0 aliphatic carbocycles. The third kappa shape index (κ3) is 6.17. The summed E-state index contributed by atoms with van der Waals surface area (Å²) in [5.74, 6) is -0.166. The van der Waals surface area contributed by atoms with E-state index >= 15 is 0 Å². The van der Waals surface area contributed by atoms with Gasteiger partial charge in [-0.3, -0.25) is 9.59 Å². The van der Waals surface area contributed by atoms with Crippen LogP contribution in [-0.2, 0) is 17.9 Å². The second-order valence-electron chi connectivity index (χ2n) is 6.08. The molecule has 2 aromatic carbocycles. The number of carbonyl (C=O) groups excluding carboxylic acids is 2. The highest BCUT2D eigenvalue weighted by atomic mass is 35.5. The Morgan fingerprint density at radius 2 is 1.77 bits per heavy atom. The summed E-state index contributed by atoms with van der Waals surface area (Å²) in [6.45, 7) is 4.73. The minimum Gasteiger partial charge on any atom is -0.348 e. The van der Waals surface area contributed by atoms with Gasteiger partial charge in [-0.25, -0.2) is 0 Å². The largest absolute Gasteiger partial charge is 0.348 e. The van der Waals surface area contributed by atoms with Crippen molar-refractivity contribution in [3.63, 3.8) is 0 Å². The Kier molecular flexibility index (Phi) is 8.82. The first-order chi connectivity index (χ1) is 12.0. The molecule has 2 amide bonds. The predicted molar refractivity (Wildman–Crippen MR) is 107 cm³/mol. The van der Waals surface area contributed by atoms with Crippen LogP contribution in [0.4, 0.5) is 5.69 Å². The first-order valence-electron chi connectivity index (χ1n) is 8.50. The number of nitrogens with one attached hydrogen (secondary N) is 2. The molecule has 0 heterocycles. The lowest BCUT2D eigenvalue weighted by Gasteiger charge is -2.11. The van der Waals surface area contributed by atoms with Crippen LogP contribution in [0.2, 0.25) is 0 Å². The molecule has 0 aliphatic heterocycles. The fourth-order valence-corrected chi connectivity index (χ4v) is 2.29. The van der Waals surface area contributed by atoms with Crippen molar-refractivity contribution < 1.29 is 9.59 Å². The van der Waals surface area contributed by atoms with E-state index in [-0.39, 0.29) is 30.1 Å². The molecule has 0 spiro atoms. The third-order valence-corrected chi connectivity index (χ3v) is 4.16. The molecule has 0 saturated heterocycles. The van der Waals surface area contributed by atoms with Crippen LogP contribution in [0.15, 0.2) is 48.5 Å². The van der Waals surface area contributed by atoms with Crippen molar-refractivity contribution in [3.05, 3.63) is 65.2 Å². The van der Waals surface area contributed by atoms with E-state index in [4.69, 9.17) is 5.73 Å². The van der Waals surface area contributed by atoms with E-state index < -0.39 is 0 Å². The average Bonchev–Trinajstić information content (AvgIpc) is 2.65.